The first kappa shape index (κ1) is 18.9. The van der Waals surface area contributed by atoms with Gasteiger partial charge in [0, 0.05) is 49.8 Å². The first-order valence-corrected chi connectivity index (χ1v) is 9.72. The number of nitrogens with one attached hydrogen (secondary N) is 1. The van der Waals surface area contributed by atoms with Gasteiger partial charge < -0.3 is 15.1 Å². The summed E-state index contributed by atoms with van der Waals surface area (Å²) in [5.41, 5.74) is 4.88. The van der Waals surface area contributed by atoms with E-state index in [4.69, 9.17) is 0 Å². The Hall–Kier alpha value is -3.48. The second kappa shape index (κ2) is 8.26. The van der Waals surface area contributed by atoms with Gasteiger partial charge in [-0.2, -0.15) is 0 Å². The van der Waals surface area contributed by atoms with Gasteiger partial charge in [-0.1, -0.05) is 12.1 Å². The molecule has 1 aromatic carbocycles. The van der Waals surface area contributed by atoms with Crippen molar-refractivity contribution in [3.8, 4) is 11.3 Å². The number of amides is 2. The van der Waals surface area contributed by atoms with E-state index in [2.05, 4.69) is 25.4 Å². The molecule has 1 fully saturated rings. The molecule has 0 aliphatic carbocycles. The van der Waals surface area contributed by atoms with Crippen molar-refractivity contribution in [3.63, 3.8) is 0 Å². The number of aryl methyl sites for hydroxylation is 2. The molecule has 1 aliphatic rings. The maximum atomic E-state index is 12.6. The van der Waals surface area contributed by atoms with Crippen LogP contribution in [0.2, 0.25) is 0 Å². The number of urea groups is 1. The predicted octanol–water partition coefficient (Wildman–Crippen LogP) is 3.51. The van der Waals surface area contributed by atoms with Gasteiger partial charge in [0.15, 0.2) is 5.82 Å². The summed E-state index contributed by atoms with van der Waals surface area (Å²) in [6.45, 7) is 6.76. The highest BCUT2D eigenvalue weighted by Crippen LogP contribution is 2.20. The van der Waals surface area contributed by atoms with Crippen LogP contribution in [0.1, 0.15) is 11.1 Å². The van der Waals surface area contributed by atoms with Gasteiger partial charge >= 0.3 is 6.03 Å². The van der Waals surface area contributed by atoms with Gasteiger partial charge in [-0.25, -0.2) is 4.79 Å². The van der Waals surface area contributed by atoms with Crippen LogP contribution in [-0.4, -0.2) is 52.3 Å². The number of aromatic nitrogens is 3. The highest BCUT2D eigenvalue weighted by Gasteiger charge is 2.22. The molecule has 4 rings (SSSR count). The molecule has 2 aromatic heterocycles. The molecule has 2 amide bonds. The van der Waals surface area contributed by atoms with Gasteiger partial charge in [-0.3, -0.25) is 4.98 Å². The average molecular weight is 388 g/mol. The summed E-state index contributed by atoms with van der Waals surface area (Å²) in [5, 5.41) is 11.8. The highest BCUT2D eigenvalue weighted by atomic mass is 16.2. The third-order valence-electron chi connectivity index (χ3n) is 5.15. The number of piperazine rings is 1. The Morgan fingerprint density at radius 3 is 2.38 bits per heavy atom. The lowest BCUT2D eigenvalue weighted by molar-refractivity contribution is 0.208. The van der Waals surface area contributed by atoms with Crippen LogP contribution in [0, 0.1) is 13.8 Å². The van der Waals surface area contributed by atoms with Crippen molar-refractivity contribution < 1.29 is 4.79 Å². The molecule has 1 aliphatic heterocycles. The predicted molar refractivity (Wildman–Crippen MR) is 114 cm³/mol. The van der Waals surface area contributed by atoms with Crippen LogP contribution in [0.25, 0.3) is 11.3 Å². The van der Waals surface area contributed by atoms with Crippen LogP contribution in [0.15, 0.2) is 54.9 Å². The monoisotopic (exact) mass is 388 g/mol. The first-order valence-electron chi connectivity index (χ1n) is 9.72. The molecule has 29 heavy (non-hydrogen) atoms. The van der Waals surface area contributed by atoms with E-state index < -0.39 is 0 Å². The molecule has 1 N–H and O–H groups in total. The van der Waals surface area contributed by atoms with Gasteiger partial charge in [0.1, 0.15) is 0 Å². The van der Waals surface area contributed by atoms with Crippen LogP contribution >= 0.6 is 0 Å². The van der Waals surface area contributed by atoms with E-state index >= 15 is 0 Å². The Morgan fingerprint density at radius 1 is 0.931 bits per heavy atom. The molecule has 0 bridgehead atoms. The quantitative estimate of drug-likeness (QED) is 0.743. The topological polar surface area (TPSA) is 74.2 Å². The van der Waals surface area contributed by atoms with Crippen molar-refractivity contribution in [1.29, 1.82) is 0 Å². The molecule has 148 valence electrons. The van der Waals surface area contributed by atoms with Gasteiger partial charge in [-0.05, 0) is 55.3 Å². The summed E-state index contributed by atoms with van der Waals surface area (Å²) in [6.07, 6.45) is 3.49. The van der Waals surface area contributed by atoms with Crippen molar-refractivity contribution in [2.75, 3.05) is 36.4 Å². The van der Waals surface area contributed by atoms with Crippen molar-refractivity contribution >= 4 is 17.5 Å². The lowest BCUT2D eigenvalue weighted by atomic mass is 10.1. The van der Waals surface area contributed by atoms with Gasteiger partial charge in [0.2, 0.25) is 0 Å². The normalized spacial score (nSPS) is 14.0. The van der Waals surface area contributed by atoms with E-state index in [0.29, 0.717) is 13.1 Å². The minimum Gasteiger partial charge on any atom is -0.352 e. The summed E-state index contributed by atoms with van der Waals surface area (Å²) in [7, 11) is 0. The average Bonchev–Trinajstić information content (AvgIpc) is 2.77. The zero-order valence-corrected chi connectivity index (χ0v) is 16.7. The minimum absolute atomic E-state index is 0.0579. The Labute approximate surface area is 170 Å². The number of hydrogen-bond donors (Lipinski definition) is 1. The first-order chi connectivity index (χ1) is 14.1. The number of hydrogen-bond acceptors (Lipinski definition) is 5. The Balaban J connectivity index is 1.35. The smallest absolute Gasteiger partial charge is 0.321 e. The van der Waals surface area contributed by atoms with Crippen LogP contribution in [0.5, 0.6) is 0 Å². The van der Waals surface area contributed by atoms with Crippen molar-refractivity contribution in [3.05, 3.63) is 66.0 Å². The summed E-state index contributed by atoms with van der Waals surface area (Å²) >= 11 is 0. The lowest BCUT2D eigenvalue weighted by Gasteiger charge is -2.35. The molecule has 0 unspecified atom stereocenters. The van der Waals surface area contributed by atoms with Gasteiger partial charge in [0.25, 0.3) is 0 Å². The number of benzene rings is 1. The molecule has 0 saturated carbocycles. The number of carbonyl (C=O) groups is 1. The zero-order valence-electron chi connectivity index (χ0n) is 16.7. The second-order valence-corrected chi connectivity index (χ2v) is 7.24. The SMILES string of the molecule is Cc1ccc(C)c(NC(=O)N2CCN(c3ccc(-c4ccncc4)nn3)CC2)c1. The van der Waals surface area contributed by atoms with Crippen molar-refractivity contribution in [1.82, 2.24) is 20.1 Å². The third-order valence-corrected chi connectivity index (χ3v) is 5.15. The van der Waals surface area contributed by atoms with Crippen LogP contribution < -0.4 is 10.2 Å². The molecule has 0 radical (unpaired) electrons. The molecular weight excluding hydrogens is 364 g/mol. The third kappa shape index (κ3) is 4.34. The fourth-order valence-electron chi connectivity index (χ4n) is 3.37. The molecule has 7 heteroatoms. The van der Waals surface area contributed by atoms with Gasteiger partial charge in [0.05, 0.1) is 5.69 Å². The van der Waals surface area contributed by atoms with Gasteiger partial charge in [-0.15, -0.1) is 10.2 Å². The van der Waals surface area contributed by atoms with Crippen LogP contribution in [0.3, 0.4) is 0 Å². The number of anilines is 2. The van der Waals surface area contributed by atoms with E-state index in [9.17, 15) is 4.79 Å². The van der Waals surface area contributed by atoms with E-state index in [-0.39, 0.29) is 6.03 Å². The summed E-state index contributed by atoms with van der Waals surface area (Å²) in [6, 6.07) is 13.8. The summed E-state index contributed by atoms with van der Waals surface area (Å²) in [5.74, 6) is 0.831. The largest absolute Gasteiger partial charge is 0.352 e. The van der Waals surface area contributed by atoms with Crippen molar-refractivity contribution in [2.24, 2.45) is 0 Å². The van der Waals surface area contributed by atoms with E-state index in [1.54, 1.807) is 12.4 Å². The number of nitrogens with zero attached hydrogens (tertiary/aromatic N) is 5. The highest BCUT2D eigenvalue weighted by molar-refractivity contribution is 5.90. The van der Waals surface area contributed by atoms with Crippen LogP contribution in [0.4, 0.5) is 16.3 Å². The maximum absolute atomic E-state index is 12.6. The molecule has 0 spiro atoms. The van der Waals surface area contributed by atoms with E-state index in [0.717, 1.165) is 47.0 Å². The number of pyridine rings is 1. The van der Waals surface area contributed by atoms with Crippen LogP contribution in [-0.2, 0) is 0 Å². The molecule has 1 saturated heterocycles. The minimum atomic E-state index is -0.0579. The zero-order chi connectivity index (χ0) is 20.2. The fraction of sp³-hybridized carbons (Fsp3) is 0.273. The molecule has 7 nitrogen and oxygen atoms in total. The molecular formula is C22H24N6O. The molecule has 0 atom stereocenters. The number of rotatable bonds is 3. The second-order valence-electron chi connectivity index (χ2n) is 7.24. The van der Waals surface area contributed by atoms with E-state index in [1.165, 1.54) is 0 Å². The lowest BCUT2D eigenvalue weighted by Crippen LogP contribution is -2.50. The molecule has 3 aromatic rings. The Kier molecular flexibility index (Phi) is 5.37. The maximum Gasteiger partial charge on any atom is 0.321 e. The summed E-state index contributed by atoms with van der Waals surface area (Å²) < 4.78 is 0. The van der Waals surface area contributed by atoms with Crippen molar-refractivity contribution in [2.45, 2.75) is 13.8 Å². The standard InChI is InChI=1S/C22H24N6O/c1-16-3-4-17(2)20(15-16)24-22(29)28-13-11-27(12-14-28)21-6-5-19(25-26-21)18-7-9-23-10-8-18/h3-10,15H,11-14H2,1-2H3,(H,24,29). The Bertz CT molecular complexity index is 982. The summed E-state index contributed by atoms with van der Waals surface area (Å²) in [4.78, 5) is 20.7. The van der Waals surface area contributed by atoms with E-state index in [1.807, 2.05) is 61.2 Å². The number of carbonyl (C=O) groups excluding carboxylic acids is 1. The fourth-order valence-corrected chi connectivity index (χ4v) is 3.37. The molecule has 3 heterocycles. The Morgan fingerprint density at radius 2 is 1.69 bits per heavy atom.